The highest BCUT2D eigenvalue weighted by molar-refractivity contribution is 5.72. The number of rotatable bonds is 9. The molecular weight excluding hydrogens is 473 g/mol. The van der Waals surface area contributed by atoms with Gasteiger partial charge in [0, 0.05) is 37.3 Å². The van der Waals surface area contributed by atoms with Gasteiger partial charge in [0.05, 0.1) is 12.3 Å². The van der Waals surface area contributed by atoms with Crippen LogP contribution in [-0.4, -0.2) is 41.2 Å². The topological polar surface area (TPSA) is 72.7 Å². The number of methoxy groups -OCH3 is 1. The van der Waals surface area contributed by atoms with E-state index in [-0.39, 0.29) is 28.6 Å². The van der Waals surface area contributed by atoms with Gasteiger partial charge in [-0.1, -0.05) is 6.07 Å². The van der Waals surface area contributed by atoms with Gasteiger partial charge in [-0.25, -0.2) is 9.97 Å². The van der Waals surface area contributed by atoms with Crippen molar-refractivity contribution >= 4 is 22.8 Å². The average molecular weight is 493 g/mol. The number of anilines is 3. The standard InChI is InChI=1S/C23H20F5N5O2/c1-34-11-9-29-15-12-17(20-21(23(26,27)28)32-19-4-2-3-10-33(19)20)31-18(13-15)30-14-5-7-16(8-6-14)35-22(24)25/h2-8,10,12-13,22H,9,11H2,1H3,(H2,29,30,31). The minimum atomic E-state index is -4.71. The summed E-state index contributed by atoms with van der Waals surface area (Å²) in [5, 5.41) is 6.08. The lowest BCUT2D eigenvalue weighted by atomic mass is 10.2. The van der Waals surface area contributed by atoms with Crippen molar-refractivity contribution < 1.29 is 31.4 Å². The smallest absolute Gasteiger partial charge is 0.435 e. The fourth-order valence-electron chi connectivity index (χ4n) is 3.42. The van der Waals surface area contributed by atoms with E-state index >= 15 is 0 Å². The van der Waals surface area contributed by atoms with Gasteiger partial charge < -0.3 is 20.1 Å². The van der Waals surface area contributed by atoms with Gasteiger partial charge in [0.15, 0.2) is 5.69 Å². The molecule has 35 heavy (non-hydrogen) atoms. The fraction of sp³-hybridized carbons (Fsp3) is 0.217. The summed E-state index contributed by atoms with van der Waals surface area (Å²) >= 11 is 0. The number of hydrogen-bond donors (Lipinski definition) is 2. The molecule has 0 aliphatic rings. The maximum absolute atomic E-state index is 13.9. The summed E-state index contributed by atoms with van der Waals surface area (Å²) in [4.78, 5) is 8.17. The molecule has 2 N–H and O–H groups in total. The number of nitrogens with one attached hydrogen (secondary N) is 2. The summed E-state index contributed by atoms with van der Waals surface area (Å²) in [7, 11) is 1.53. The van der Waals surface area contributed by atoms with Crippen LogP contribution < -0.4 is 15.4 Å². The van der Waals surface area contributed by atoms with Crippen LogP contribution in [0.1, 0.15) is 5.69 Å². The zero-order valence-corrected chi connectivity index (χ0v) is 18.3. The Balaban J connectivity index is 1.77. The van der Waals surface area contributed by atoms with Gasteiger partial charge in [-0.2, -0.15) is 22.0 Å². The Hall–Kier alpha value is -3.93. The highest BCUT2D eigenvalue weighted by atomic mass is 19.4. The first-order valence-corrected chi connectivity index (χ1v) is 10.4. The summed E-state index contributed by atoms with van der Waals surface area (Å²) in [5.41, 5.74) is -0.173. The van der Waals surface area contributed by atoms with Gasteiger partial charge in [0.1, 0.15) is 22.9 Å². The second-order valence-electron chi connectivity index (χ2n) is 7.31. The van der Waals surface area contributed by atoms with Crippen molar-refractivity contribution in [1.82, 2.24) is 14.4 Å². The summed E-state index contributed by atoms with van der Waals surface area (Å²) in [6.45, 7) is -2.19. The van der Waals surface area contributed by atoms with E-state index in [9.17, 15) is 22.0 Å². The van der Waals surface area contributed by atoms with Crippen molar-refractivity contribution in [2.24, 2.45) is 0 Å². The molecule has 0 spiro atoms. The minimum Gasteiger partial charge on any atom is -0.435 e. The van der Waals surface area contributed by atoms with E-state index in [0.29, 0.717) is 24.5 Å². The van der Waals surface area contributed by atoms with Crippen LogP contribution in [-0.2, 0) is 10.9 Å². The molecule has 0 saturated carbocycles. The van der Waals surface area contributed by atoms with Gasteiger partial charge >= 0.3 is 12.8 Å². The van der Waals surface area contributed by atoms with Crippen LogP contribution >= 0.6 is 0 Å². The second-order valence-corrected chi connectivity index (χ2v) is 7.31. The number of pyridine rings is 2. The molecule has 184 valence electrons. The van der Waals surface area contributed by atoms with Crippen LogP contribution in [0.15, 0.2) is 60.8 Å². The number of benzene rings is 1. The molecule has 12 heteroatoms. The van der Waals surface area contributed by atoms with Crippen LogP contribution in [0.5, 0.6) is 5.75 Å². The maximum atomic E-state index is 13.9. The molecule has 0 atom stereocenters. The maximum Gasteiger partial charge on any atom is 0.435 e. The van der Waals surface area contributed by atoms with Crippen LogP contribution in [0.3, 0.4) is 0 Å². The Bertz CT molecular complexity index is 1290. The number of ether oxygens (including phenoxy) is 2. The Kier molecular flexibility index (Phi) is 7.01. The van der Waals surface area contributed by atoms with E-state index < -0.39 is 18.5 Å². The zero-order chi connectivity index (χ0) is 25.0. The van der Waals surface area contributed by atoms with Gasteiger partial charge in [0.2, 0.25) is 0 Å². The molecule has 0 radical (unpaired) electrons. The van der Waals surface area contributed by atoms with Crippen molar-refractivity contribution in [3.05, 3.63) is 66.5 Å². The van der Waals surface area contributed by atoms with E-state index in [0.717, 1.165) is 0 Å². The molecule has 1 aromatic carbocycles. The number of fused-ring (bicyclic) bond motifs is 1. The first-order valence-electron chi connectivity index (χ1n) is 10.4. The van der Waals surface area contributed by atoms with Gasteiger partial charge in [-0.05, 0) is 42.5 Å². The van der Waals surface area contributed by atoms with Crippen LogP contribution in [0, 0.1) is 0 Å². The van der Waals surface area contributed by atoms with Crippen LogP contribution in [0.2, 0.25) is 0 Å². The quantitative estimate of drug-likeness (QED) is 0.226. The van der Waals surface area contributed by atoms with Crippen molar-refractivity contribution in [2.45, 2.75) is 12.8 Å². The third kappa shape index (κ3) is 5.77. The van der Waals surface area contributed by atoms with Gasteiger partial charge in [-0.3, -0.25) is 4.40 Å². The third-order valence-corrected chi connectivity index (χ3v) is 4.85. The largest absolute Gasteiger partial charge is 0.435 e. The minimum absolute atomic E-state index is 0.0265. The van der Waals surface area contributed by atoms with Crippen molar-refractivity contribution in [2.75, 3.05) is 30.9 Å². The first-order chi connectivity index (χ1) is 16.7. The third-order valence-electron chi connectivity index (χ3n) is 4.85. The van der Waals surface area contributed by atoms with Gasteiger partial charge in [0.25, 0.3) is 0 Å². The van der Waals surface area contributed by atoms with E-state index in [1.54, 1.807) is 18.2 Å². The van der Waals surface area contributed by atoms with Crippen molar-refractivity contribution in [3.63, 3.8) is 0 Å². The molecular formula is C23H20F5N5O2. The van der Waals surface area contributed by atoms with E-state index in [4.69, 9.17) is 4.74 Å². The molecule has 4 rings (SSSR count). The average Bonchev–Trinajstić information content (AvgIpc) is 3.21. The molecule has 0 bridgehead atoms. The van der Waals surface area contributed by atoms with E-state index in [1.165, 1.54) is 54.1 Å². The van der Waals surface area contributed by atoms with Crippen molar-refractivity contribution in [1.29, 1.82) is 0 Å². The molecule has 0 fully saturated rings. The molecule has 0 saturated heterocycles. The van der Waals surface area contributed by atoms with E-state index in [1.807, 2.05) is 0 Å². The molecule has 4 aromatic rings. The highest BCUT2D eigenvalue weighted by Gasteiger charge is 2.38. The number of halogens is 5. The number of hydrogen-bond acceptors (Lipinski definition) is 6. The summed E-state index contributed by atoms with van der Waals surface area (Å²) in [5.74, 6) is 0.193. The predicted molar refractivity (Wildman–Crippen MR) is 120 cm³/mol. The first kappa shape index (κ1) is 24.2. The Morgan fingerprint density at radius 3 is 2.46 bits per heavy atom. The summed E-state index contributed by atoms with van der Waals surface area (Å²) in [6, 6.07) is 13.4. The summed E-state index contributed by atoms with van der Waals surface area (Å²) in [6.07, 6.45) is -3.23. The van der Waals surface area contributed by atoms with Crippen LogP contribution in [0.4, 0.5) is 39.1 Å². The number of alkyl halides is 5. The van der Waals surface area contributed by atoms with Gasteiger partial charge in [-0.15, -0.1) is 0 Å². The fourth-order valence-corrected chi connectivity index (χ4v) is 3.42. The van der Waals surface area contributed by atoms with Crippen molar-refractivity contribution in [3.8, 4) is 17.1 Å². The second kappa shape index (κ2) is 10.1. The lowest BCUT2D eigenvalue weighted by molar-refractivity contribution is -0.140. The molecule has 3 heterocycles. The molecule has 0 unspecified atom stereocenters. The normalized spacial score (nSPS) is 11.7. The lowest BCUT2D eigenvalue weighted by Gasteiger charge is -2.14. The number of imidazole rings is 1. The molecule has 0 aliphatic carbocycles. The molecule has 7 nitrogen and oxygen atoms in total. The van der Waals surface area contributed by atoms with E-state index in [2.05, 4.69) is 25.3 Å². The molecule has 0 amide bonds. The monoisotopic (exact) mass is 493 g/mol. The number of nitrogens with zero attached hydrogens (tertiary/aromatic N) is 3. The predicted octanol–water partition coefficient (Wildman–Crippen LogP) is 5.82. The zero-order valence-electron chi connectivity index (χ0n) is 18.3. The Morgan fingerprint density at radius 2 is 1.77 bits per heavy atom. The van der Waals surface area contributed by atoms with Crippen LogP contribution in [0.25, 0.3) is 17.0 Å². The number of aromatic nitrogens is 3. The molecule has 3 aromatic heterocycles. The Morgan fingerprint density at radius 1 is 1.00 bits per heavy atom. The highest BCUT2D eigenvalue weighted by Crippen LogP contribution is 2.38. The Labute approximate surface area is 196 Å². The summed E-state index contributed by atoms with van der Waals surface area (Å²) < 4.78 is 77.1. The lowest BCUT2D eigenvalue weighted by Crippen LogP contribution is -2.10. The molecule has 0 aliphatic heterocycles. The SMILES string of the molecule is COCCNc1cc(Nc2ccc(OC(F)F)cc2)nc(-c2c(C(F)(F)F)nc3ccccn23)c1.